The summed E-state index contributed by atoms with van der Waals surface area (Å²) in [6, 6.07) is 15.7. The number of aromatic hydroxyl groups is 1. The van der Waals surface area contributed by atoms with Crippen LogP contribution in [-0.4, -0.2) is 23.1 Å². The first-order valence-corrected chi connectivity index (χ1v) is 10.2. The van der Waals surface area contributed by atoms with Crippen molar-refractivity contribution in [3.05, 3.63) is 70.2 Å². The van der Waals surface area contributed by atoms with Crippen LogP contribution < -0.4 is 10.1 Å². The Balaban J connectivity index is 1.67. The second-order valence-corrected chi connectivity index (χ2v) is 7.62. The molecule has 0 aliphatic rings. The summed E-state index contributed by atoms with van der Waals surface area (Å²) in [6.07, 6.45) is 0.893. The number of phenols is 1. The Bertz CT molecular complexity index is 1250. The van der Waals surface area contributed by atoms with Gasteiger partial charge in [0.15, 0.2) is 5.58 Å². The number of amides is 1. The molecule has 0 radical (unpaired) electrons. The number of aryl methyl sites for hydroxylation is 1. The molecule has 1 amide bonds. The minimum absolute atomic E-state index is 0.00954. The summed E-state index contributed by atoms with van der Waals surface area (Å²) < 4.78 is 11.9. The first kappa shape index (κ1) is 20.0. The highest BCUT2D eigenvalue weighted by Gasteiger charge is 2.17. The number of ether oxygens (including phenoxy) is 1. The third-order valence-corrected chi connectivity index (χ3v) is 5.24. The molecule has 3 aromatic carbocycles. The van der Waals surface area contributed by atoms with Crippen molar-refractivity contribution in [3.8, 4) is 23.0 Å². The van der Waals surface area contributed by atoms with Crippen molar-refractivity contribution in [2.24, 2.45) is 0 Å². The molecule has 2 N–H and O–H groups in total. The monoisotopic (exact) mass is 466 g/mol. The first-order valence-electron chi connectivity index (χ1n) is 9.36. The van der Waals surface area contributed by atoms with Crippen LogP contribution >= 0.6 is 15.9 Å². The molecular weight excluding hydrogens is 448 g/mol. The number of hydrogen-bond acceptors (Lipinski definition) is 5. The topological polar surface area (TPSA) is 84.6 Å². The molecule has 7 heteroatoms. The average molecular weight is 467 g/mol. The summed E-state index contributed by atoms with van der Waals surface area (Å²) in [4.78, 5) is 17.3. The molecule has 30 heavy (non-hydrogen) atoms. The molecule has 1 heterocycles. The van der Waals surface area contributed by atoms with Gasteiger partial charge in [-0.25, -0.2) is 4.98 Å². The van der Waals surface area contributed by atoms with Gasteiger partial charge in [0.2, 0.25) is 5.89 Å². The number of oxazole rings is 1. The Labute approximate surface area is 181 Å². The lowest BCUT2D eigenvalue weighted by Gasteiger charge is -2.11. The van der Waals surface area contributed by atoms with Crippen molar-refractivity contribution in [1.29, 1.82) is 0 Å². The molecule has 0 spiro atoms. The SMILES string of the molecule is CCc1ccc2oc(-c3cc(NC(=O)c4cc(Br)ccc4OC)ccc3O)nc2c1. The quantitative estimate of drug-likeness (QED) is 0.363. The summed E-state index contributed by atoms with van der Waals surface area (Å²) in [5, 5.41) is 13.2. The van der Waals surface area contributed by atoms with Crippen LogP contribution in [0, 0.1) is 0 Å². The van der Waals surface area contributed by atoms with E-state index in [0.717, 1.165) is 22.0 Å². The fourth-order valence-corrected chi connectivity index (χ4v) is 3.51. The number of benzene rings is 3. The Morgan fingerprint density at radius 2 is 2.00 bits per heavy atom. The van der Waals surface area contributed by atoms with Crippen LogP contribution in [0.5, 0.6) is 11.5 Å². The summed E-state index contributed by atoms with van der Waals surface area (Å²) >= 11 is 3.37. The smallest absolute Gasteiger partial charge is 0.259 e. The van der Waals surface area contributed by atoms with E-state index in [1.165, 1.54) is 13.2 Å². The molecule has 0 atom stereocenters. The molecule has 6 nitrogen and oxygen atoms in total. The van der Waals surface area contributed by atoms with Gasteiger partial charge in [-0.05, 0) is 60.5 Å². The molecule has 0 saturated heterocycles. The maximum absolute atomic E-state index is 12.8. The Kier molecular flexibility index (Phi) is 5.46. The van der Waals surface area contributed by atoms with E-state index in [-0.39, 0.29) is 17.5 Å². The highest BCUT2D eigenvalue weighted by molar-refractivity contribution is 9.10. The maximum Gasteiger partial charge on any atom is 0.259 e. The summed E-state index contributed by atoms with van der Waals surface area (Å²) in [7, 11) is 1.51. The predicted octanol–water partition coefficient (Wildman–Crippen LogP) is 5.79. The molecule has 1 aromatic heterocycles. The Hall–Kier alpha value is -3.32. The van der Waals surface area contributed by atoms with Crippen molar-refractivity contribution in [2.45, 2.75) is 13.3 Å². The molecule has 0 aliphatic heterocycles. The zero-order chi connectivity index (χ0) is 21.3. The lowest BCUT2D eigenvalue weighted by atomic mass is 10.1. The van der Waals surface area contributed by atoms with Gasteiger partial charge in [0.05, 0.1) is 18.2 Å². The largest absolute Gasteiger partial charge is 0.507 e. The average Bonchev–Trinajstić information content (AvgIpc) is 3.18. The lowest BCUT2D eigenvalue weighted by molar-refractivity contribution is 0.102. The normalized spacial score (nSPS) is 10.9. The molecule has 0 aliphatic carbocycles. The number of carbonyl (C=O) groups excluding carboxylic acids is 1. The lowest BCUT2D eigenvalue weighted by Crippen LogP contribution is -2.13. The van der Waals surface area contributed by atoms with Crippen LogP contribution in [-0.2, 0) is 6.42 Å². The number of nitrogens with one attached hydrogen (secondary N) is 1. The third-order valence-electron chi connectivity index (χ3n) is 4.75. The van der Waals surface area contributed by atoms with Crippen LogP contribution in [0.4, 0.5) is 5.69 Å². The first-order chi connectivity index (χ1) is 14.5. The third kappa shape index (κ3) is 3.89. The number of halogens is 1. The summed E-state index contributed by atoms with van der Waals surface area (Å²) in [5.74, 6) is 0.414. The molecule has 0 bridgehead atoms. The van der Waals surface area contributed by atoms with Crippen LogP contribution in [0.3, 0.4) is 0 Å². The number of anilines is 1. The van der Waals surface area contributed by atoms with E-state index in [0.29, 0.717) is 28.1 Å². The number of phenolic OH excluding ortho intramolecular Hbond substituents is 1. The number of fused-ring (bicyclic) bond motifs is 1. The molecular formula is C23H19BrN2O4. The molecule has 4 aromatic rings. The van der Waals surface area contributed by atoms with Gasteiger partial charge in [-0.2, -0.15) is 0 Å². The number of methoxy groups -OCH3 is 1. The van der Waals surface area contributed by atoms with Crippen molar-refractivity contribution in [2.75, 3.05) is 12.4 Å². The second-order valence-electron chi connectivity index (χ2n) is 6.71. The van der Waals surface area contributed by atoms with Gasteiger partial charge in [0.25, 0.3) is 5.91 Å². The minimum Gasteiger partial charge on any atom is -0.507 e. The fourth-order valence-electron chi connectivity index (χ4n) is 3.15. The molecule has 0 unspecified atom stereocenters. The maximum atomic E-state index is 12.8. The Morgan fingerprint density at radius 3 is 2.77 bits per heavy atom. The van der Waals surface area contributed by atoms with Crippen molar-refractivity contribution in [1.82, 2.24) is 4.98 Å². The van der Waals surface area contributed by atoms with Crippen LogP contribution in [0.1, 0.15) is 22.8 Å². The standard InChI is InChI=1S/C23H19BrN2O4/c1-3-13-4-8-21-18(10-13)26-23(30-21)16-12-15(6-7-19(16)27)25-22(28)17-11-14(24)5-9-20(17)29-2/h4-12,27H,3H2,1-2H3,(H,25,28). The van der Waals surface area contributed by atoms with Gasteiger partial charge in [-0.15, -0.1) is 0 Å². The van der Waals surface area contributed by atoms with Crippen molar-refractivity contribution in [3.63, 3.8) is 0 Å². The van der Waals surface area contributed by atoms with E-state index >= 15 is 0 Å². The Morgan fingerprint density at radius 1 is 1.17 bits per heavy atom. The van der Waals surface area contributed by atoms with E-state index in [1.807, 2.05) is 18.2 Å². The molecule has 0 saturated carbocycles. The highest BCUT2D eigenvalue weighted by Crippen LogP contribution is 2.34. The number of hydrogen-bond donors (Lipinski definition) is 2. The van der Waals surface area contributed by atoms with Crippen LogP contribution in [0.15, 0.2) is 63.5 Å². The number of aromatic nitrogens is 1. The minimum atomic E-state index is -0.338. The van der Waals surface area contributed by atoms with Crippen molar-refractivity contribution < 1.29 is 19.1 Å². The zero-order valence-electron chi connectivity index (χ0n) is 16.4. The number of rotatable bonds is 5. The van der Waals surface area contributed by atoms with E-state index in [1.54, 1.807) is 30.3 Å². The highest BCUT2D eigenvalue weighted by atomic mass is 79.9. The summed E-state index contributed by atoms with van der Waals surface area (Å²) in [6.45, 7) is 2.07. The zero-order valence-corrected chi connectivity index (χ0v) is 18.0. The number of carbonyl (C=O) groups is 1. The number of nitrogens with zero attached hydrogens (tertiary/aromatic N) is 1. The summed E-state index contributed by atoms with van der Waals surface area (Å²) in [5.41, 5.74) is 3.77. The van der Waals surface area contributed by atoms with E-state index in [9.17, 15) is 9.90 Å². The molecule has 4 rings (SSSR count). The van der Waals surface area contributed by atoms with Gasteiger partial charge in [0, 0.05) is 10.2 Å². The van der Waals surface area contributed by atoms with Gasteiger partial charge in [-0.1, -0.05) is 28.9 Å². The van der Waals surface area contributed by atoms with Gasteiger partial charge >= 0.3 is 0 Å². The van der Waals surface area contributed by atoms with Gasteiger partial charge < -0.3 is 19.6 Å². The van der Waals surface area contributed by atoms with Crippen molar-refractivity contribution >= 4 is 38.6 Å². The van der Waals surface area contributed by atoms with Crippen LogP contribution in [0.2, 0.25) is 0 Å². The van der Waals surface area contributed by atoms with Gasteiger partial charge in [0.1, 0.15) is 17.0 Å². The molecule has 0 fully saturated rings. The predicted molar refractivity (Wildman–Crippen MR) is 119 cm³/mol. The van der Waals surface area contributed by atoms with Gasteiger partial charge in [-0.3, -0.25) is 4.79 Å². The second kappa shape index (κ2) is 8.20. The van der Waals surface area contributed by atoms with E-state index in [2.05, 4.69) is 33.2 Å². The van der Waals surface area contributed by atoms with E-state index < -0.39 is 0 Å². The fraction of sp³-hybridized carbons (Fsp3) is 0.130. The molecule has 152 valence electrons. The van der Waals surface area contributed by atoms with Crippen LogP contribution in [0.25, 0.3) is 22.6 Å². The van der Waals surface area contributed by atoms with E-state index in [4.69, 9.17) is 9.15 Å².